The fraction of sp³-hybridized carbons (Fsp3) is 0.439. The predicted octanol–water partition coefficient (Wildman–Crippen LogP) is 10.1. The van der Waals surface area contributed by atoms with Crippen LogP contribution in [0.1, 0.15) is 66.8 Å². The average Bonchev–Trinajstić information content (AvgIpc) is 4.47. The van der Waals surface area contributed by atoms with E-state index in [9.17, 15) is 23.5 Å². The van der Waals surface area contributed by atoms with E-state index < -0.39 is 23.3 Å². The van der Waals surface area contributed by atoms with Crippen LogP contribution in [0.3, 0.4) is 0 Å². The summed E-state index contributed by atoms with van der Waals surface area (Å²) in [6, 6.07) is 19.8. The van der Waals surface area contributed by atoms with Crippen molar-refractivity contribution in [3.8, 4) is 22.5 Å². The highest BCUT2D eigenvalue weighted by Crippen LogP contribution is 2.36. The molecule has 0 radical (unpaired) electrons. The molecule has 2 fully saturated rings. The first-order valence-corrected chi connectivity index (χ1v) is 28.7. The standard InChI is InChI=1S/C29H36FN7O3S.C28H34FN7O3S/c1-7-22-26(34(5)27-32-23(18-41-27)19-8-10-20(30)11-9-19)37-24(31-22)12-13-25(33-37)35-14-15-36(21(16-35)17-39-6)28(38)40-29(2,3)4;1-6-21-25(33(5)26-31-22(17-40-26)18-7-9-19(29)10-8-18)36-23(30-21)11-12-24(32-36)34-13-14-35(20(15-34)16-37)27(38)39-28(2,3)4/h8-13,18,21H,7,14-17H2,1-6H3;7-12,17,20,37H,6,13-16H2,1-5H3/t21-;20-/m00/s1. The van der Waals surface area contributed by atoms with E-state index >= 15 is 0 Å². The van der Waals surface area contributed by atoms with Gasteiger partial charge in [-0.2, -0.15) is 9.03 Å². The monoisotopic (exact) mass is 1150 g/mol. The van der Waals surface area contributed by atoms with Gasteiger partial charge in [0, 0.05) is 82.4 Å². The number of hydrogen-bond acceptors (Lipinski definition) is 18. The summed E-state index contributed by atoms with van der Waals surface area (Å²) in [4.78, 5) is 56.4. The second-order valence-electron chi connectivity index (χ2n) is 21.7. The molecule has 0 saturated carbocycles. The number of aryl methyl sites for hydroxylation is 2. The molecule has 8 aromatic rings. The van der Waals surface area contributed by atoms with Crippen molar-refractivity contribution in [1.82, 2.24) is 49.0 Å². The van der Waals surface area contributed by atoms with Gasteiger partial charge in [-0.25, -0.2) is 38.3 Å². The number of benzene rings is 2. The third-order valence-electron chi connectivity index (χ3n) is 13.6. The maximum Gasteiger partial charge on any atom is 0.410 e. The summed E-state index contributed by atoms with van der Waals surface area (Å²) in [5.74, 6) is 2.59. The van der Waals surface area contributed by atoms with E-state index in [1.807, 2.05) is 116 Å². The van der Waals surface area contributed by atoms with E-state index in [0.717, 1.165) is 79.5 Å². The van der Waals surface area contributed by atoms with Crippen molar-refractivity contribution in [2.75, 3.05) is 93.3 Å². The normalized spacial score (nSPS) is 16.0. The summed E-state index contributed by atoms with van der Waals surface area (Å²) in [6.45, 7) is 18.4. The first kappa shape index (κ1) is 58.1. The predicted molar refractivity (Wildman–Crippen MR) is 313 cm³/mol. The smallest absolute Gasteiger partial charge is 0.410 e. The Labute approximate surface area is 478 Å². The fourth-order valence-electron chi connectivity index (χ4n) is 9.66. The molecule has 2 aliphatic rings. The maximum atomic E-state index is 13.4. The van der Waals surface area contributed by atoms with Gasteiger partial charge >= 0.3 is 12.2 Å². The van der Waals surface area contributed by atoms with Crippen LogP contribution in [0.15, 0.2) is 83.6 Å². The maximum absolute atomic E-state index is 13.4. The first-order valence-electron chi connectivity index (χ1n) is 26.9. The van der Waals surface area contributed by atoms with Gasteiger partial charge in [-0.15, -0.1) is 32.9 Å². The van der Waals surface area contributed by atoms with Crippen LogP contribution in [0.5, 0.6) is 0 Å². The van der Waals surface area contributed by atoms with Gasteiger partial charge in [-0.05, 0) is 127 Å². The van der Waals surface area contributed by atoms with E-state index in [-0.39, 0.29) is 30.4 Å². The molecule has 6 aromatic heterocycles. The molecule has 2 aliphatic heterocycles. The van der Waals surface area contributed by atoms with E-state index in [4.69, 9.17) is 44.3 Å². The summed E-state index contributed by atoms with van der Waals surface area (Å²) >= 11 is 3.00. The van der Waals surface area contributed by atoms with Crippen molar-refractivity contribution >= 4 is 79.7 Å². The lowest BCUT2D eigenvalue weighted by molar-refractivity contribution is 0.00319. The summed E-state index contributed by atoms with van der Waals surface area (Å²) in [7, 11) is 5.53. The third kappa shape index (κ3) is 13.1. The highest BCUT2D eigenvalue weighted by atomic mass is 32.1. The van der Waals surface area contributed by atoms with Gasteiger partial charge in [0.25, 0.3) is 0 Å². The molecular weight excluding hydrogens is 1080 g/mol. The molecular formula is C57H70F2N14O6S2. The number of methoxy groups -OCH3 is 1. The van der Waals surface area contributed by atoms with Crippen LogP contribution >= 0.6 is 22.7 Å². The molecule has 10 rings (SSSR count). The molecule has 0 bridgehead atoms. The van der Waals surface area contributed by atoms with Crippen molar-refractivity contribution in [3.63, 3.8) is 0 Å². The van der Waals surface area contributed by atoms with Gasteiger partial charge in [0.05, 0.1) is 48.1 Å². The molecule has 81 heavy (non-hydrogen) atoms. The highest BCUT2D eigenvalue weighted by molar-refractivity contribution is 7.14. The number of nitrogens with zero attached hydrogens (tertiary/aromatic N) is 14. The molecule has 8 heterocycles. The Kier molecular flexibility index (Phi) is 17.4. The van der Waals surface area contributed by atoms with Crippen molar-refractivity contribution in [3.05, 3.63) is 107 Å². The number of rotatable bonds is 13. The summed E-state index contributed by atoms with van der Waals surface area (Å²) in [5.41, 5.74) is 5.30. The largest absolute Gasteiger partial charge is 0.444 e. The number of thiazole rings is 2. The van der Waals surface area contributed by atoms with Crippen LogP contribution in [0.25, 0.3) is 33.8 Å². The Morgan fingerprint density at radius 2 is 1.02 bits per heavy atom. The zero-order valence-corrected chi connectivity index (χ0v) is 49.3. The lowest BCUT2D eigenvalue weighted by Crippen LogP contribution is -2.58. The van der Waals surface area contributed by atoms with Crippen molar-refractivity contribution in [2.24, 2.45) is 0 Å². The van der Waals surface area contributed by atoms with Gasteiger partial charge < -0.3 is 38.9 Å². The molecule has 0 aliphatic carbocycles. The minimum atomic E-state index is -0.612. The Morgan fingerprint density at radius 3 is 1.41 bits per heavy atom. The number of carbonyl (C=O) groups is 2. The Balaban J connectivity index is 0.000000196. The van der Waals surface area contributed by atoms with Crippen LogP contribution in [-0.2, 0) is 27.1 Å². The third-order valence-corrected chi connectivity index (χ3v) is 15.4. The Morgan fingerprint density at radius 1 is 0.617 bits per heavy atom. The molecule has 24 heteroatoms. The number of imidazole rings is 2. The lowest BCUT2D eigenvalue weighted by atomic mass is 10.1. The number of carbonyl (C=O) groups excluding carboxylic acids is 2. The molecule has 2 amide bonds. The van der Waals surface area contributed by atoms with E-state index in [1.165, 1.54) is 46.9 Å². The number of piperazine rings is 2. The van der Waals surface area contributed by atoms with E-state index in [1.54, 1.807) is 41.2 Å². The number of aliphatic hydroxyl groups is 1. The number of anilines is 6. The summed E-state index contributed by atoms with van der Waals surface area (Å²) < 4.78 is 47.1. The van der Waals surface area contributed by atoms with Gasteiger partial charge in [0.2, 0.25) is 0 Å². The molecule has 2 atom stereocenters. The summed E-state index contributed by atoms with van der Waals surface area (Å²) in [5, 5.41) is 25.5. The zero-order chi connectivity index (χ0) is 57.9. The van der Waals surface area contributed by atoms with Crippen molar-refractivity contribution < 1.29 is 37.7 Å². The highest BCUT2D eigenvalue weighted by Gasteiger charge is 2.36. The number of fused-ring (bicyclic) bond motifs is 2. The molecule has 1 N–H and O–H groups in total. The number of ether oxygens (including phenoxy) is 3. The number of aromatic nitrogens is 8. The lowest BCUT2D eigenvalue weighted by Gasteiger charge is -2.41. The zero-order valence-electron chi connectivity index (χ0n) is 47.6. The molecule has 0 spiro atoms. The molecule has 2 saturated heterocycles. The number of aliphatic hydroxyl groups excluding tert-OH is 1. The molecule has 0 unspecified atom stereocenters. The average molecular weight is 1150 g/mol. The topological polar surface area (TPSA) is 188 Å². The van der Waals surface area contributed by atoms with Crippen LogP contribution in [-0.4, -0.2) is 163 Å². The SMILES string of the molecule is CCc1nc2ccc(N3CCN(C(=O)OC(C)(C)C)[C@H](CO)C3)nn2c1N(C)c1nc(-c2ccc(F)cc2)cs1.CCc1nc2ccc(N3CCN(C(=O)OC(C)(C)C)[C@H](COC)C3)nn2c1N(C)c1nc(-c2ccc(F)cc2)cs1. The number of amides is 2. The van der Waals surface area contributed by atoms with Gasteiger partial charge in [-0.3, -0.25) is 9.80 Å². The Bertz CT molecular complexity index is 3470. The minimum absolute atomic E-state index is 0.183. The second kappa shape index (κ2) is 24.3. The quantitative estimate of drug-likeness (QED) is 0.115. The first-order chi connectivity index (χ1) is 38.6. The fourth-order valence-corrected chi connectivity index (χ4v) is 11.3. The summed E-state index contributed by atoms with van der Waals surface area (Å²) in [6.07, 6.45) is 0.663. The van der Waals surface area contributed by atoms with Gasteiger partial charge in [0.1, 0.15) is 34.5 Å². The van der Waals surface area contributed by atoms with Crippen molar-refractivity contribution in [1.29, 1.82) is 0 Å². The van der Waals surface area contributed by atoms with Crippen LogP contribution in [0.2, 0.25) is 0 Å². The van der Waals surface area contributed by atoms with Crippen LogP contribution in [0, 0.1) is 11.6 Å². The van der Waals surface area contributed by atoms with Gasteiger partial charge in [0.15, 0.2) is 33.2 Å². The van der Waals surface area contributed by atoms with E-state index in [0.29, 0.717) is 57.9 Å². The molecule has 20 nitrogen and oxygen atoms in total. The van der Waals surface area contributed by atoms with E-state index in [2.05, 4.69) is 16.7 Å². The second-order valence-corrected chi connectivity index (χ2v) is 23.4. The Hall–Kier alpha value is -7.54. The molecule has 2 aromatic carbocycles. The number of hydrogen-bond donors (Lipinski definition) is 1. The molecule has 430 valence electrons. The van der Waals surface area contributed by atoms with Crippen molar-refractivity contribution in [2.45, 2.75) is 91.5 Å². The number of halogens is 2. The minimum Gasteiger partial charge on any atom is -0.444 e. The van der Waals surface area contributed by atoms with Gasteiger partial charge in [-0.1, -0.05) is 13.8 Å². The van der Waals surface area contributed by atoms with Crippen LogP contribution < -0.4 is 19.6 Å². The van der Waals surface area contributed by atoms with Crippen LogP contribution in [0.4, 0.5) is 51.9 Å².